The lowest BCUT2D eigenvalue weighted by Gasteiger charge is -2.17. The summed E-state index contributed by atoms with van der Waals surface area (Å²) < 4.78 is 1.84. The molecule has 0 spiro atoms. The molecule has 1 aromatic carbocycles. The lowest BCUT2D eigenvalue weighted by Crippen LogP contribution is -2.26. The Labute approximate surface area is 151 Å². The van der Waals surface area contributed by atoms with Crippen molar-refractivity contribution in [3.8, 4) is 11.3 Å². The number of hydrogen-bond donors (Lipinski definition) is 2. The van der Waals surface area contributed by atoms with Crippen LogP contribution in [-0.2, 0) is 6.54 Å². The molecule has 0 saturated heterocycles. The van der Waals surface area contributed by atoms with Crippen LogP contribution in [0.1, 0.15) is 19.4 Å². The SMILES string of the molecule is Cc1c(-c2nccc3cnc(N)cc23)ccc2c1cnn2CC(C)(C)O. The van der Waals surface area contributed by atoms with Crippen molar-refractivity contribution in [2.45, 2.75) is 32.9 Å². The lowest BCUT2D eigenvalue weighted by molar-refractivity contribution is 0.0591. The van der Waals surface area contributed by atoms with Crippen molar-refractivity contribution < 1.29 is 5.11 Å². The normalized spacial score (nSPS) is 12.2. The first kappa shape index (κ1) is 16.5. The predicted octanol–water partition coefficient (Wildman–Crippen LogP) is 3.31. The van der Waals surface area contributed by atoms with E-state index in [1.807, 2.05) is 29.1 Å². The Balaban J connectivity index is 1.91. The van der Waals surface area contributed by atoms with Crippen molar-refractivity contribution in [1.82, 2.24) is 19.7 Å². The fourth-order valence-electron chi connectivity index (χ4n) is 3.34. The van der Waals surface area contributed by atoms with Gasteiger partial charge in [0, 0.05) is 34.1 Å². The highest BCUT2D eigenvalue weighted by Gasteiger charge is 2.18. The molecule has 132 valence electrons. The number of benzene rings is 1. The average Bonchev–Trinajstić information content (AvgIpc) is 2.97. The third kappa shape index (κ3) is 2.78. The maximum atomic E-state index is 10.1. The van der Waals surface area contributed by atoms with Crippen molar-refractivity contribution in [1.29, 1.82) is 0 Å². The summed E-state index contributed by atoms with van der Waals surface area (Å²) in [6, 6.07) is 7.87. The summed E-state index contributed by atoms with van der Waals surface area (Å²) in [4.78, 5) is 8.77. The summed E-state index contributed by atoms with van der Waals surface area (Å²) in [5, 5.41) is 17.6. The maximum Gasteiger partial charge on any atom is 0.123 e. The van der Waals surface area contributed by atoms with Crippen LogP contribution >= 0.6 is 0 Å². The van der Waals surface area contributed by atoms with Gasteiger partial charge in [0.15, 0.2) is 0 Å². The van der Waals surface area contributed by atoms with E-state index in [9.17, 15) is 5.11 Å². The maximum absolute atomic E-state index is 10.1. The molecule has 0 atom stereocenters. The number of anilines is 1. The number of pyridine rings is 2. The zero-order chi connectivity index (χ0) is 18.5. The van der Waals surface area contributed by atoms with Crippen molar-refractivity contribution in [2.24, 2.45) is 0 Å². The molecule has 3 aromatic heterocycles. The van der Waals surface area contributed by atoms with Crippen LogP contribution in [0.4, 0.5) is 5.82 Å². The second kappa shape index (κ2) is 5.78. The Morgan fingerprint density at radius 2 is 1.92 bits per heavy atom. The minimum atomic E-state index is -0.826. The van der Waals surface area contributed by atoms with Gasteiger partial charge in [-0.05, 0) is 44.5 Å². The van der Waals surface area contributed by atoms with E-state index >= 15 is 0 Å². The van der Waals surface area contributed by atoms with E-state index in [0.717, 1.165) is 38.5 Å². The summed E-state index contributed by atoms with van der Waals surface area (Å²) in [7, 11) is 0. The number of fused-ring (bicyclic) bond motifs is 2. The van der Waals surface area contributed by atoms with Crippen LogP contribution in [0.5, 0.6) is 0 Å². The van der Waals surface area contributed by atoms with Crippen molar-refractivity contribution in [3.05, 3.63) is 48.4 Å². The fourth-order valence-corrected chi connectivity index (χ4v) is 3.34. The molecular weight excluding hydrogens is 326 g/mol. The van der Waals surface area contributed by atoms with Gasteiger partial charge in [-0.1, -0.05) is 6.07 Å². The highest BCUT2D eigenvalue weighted by molar-refractivity contribution is 5.99. The predicted molar refractivity (Wildman–Crippen MR) is 104 cm³/mol. The first-order valence-electron chi connectivity index (χ1n) is 8.51. The van der Waals surface area contributed by atoms with Crippen LogP contribution in [-0.4, -0.2) is 30.5 Å². The molecule has 6 nitrogen and oxygen atoms in total. The molecule has 3 heterocycles. The molecule has 0 saturated carbocycles. The average molecular weight is 347 g/mol. The molecule has 6 heteroatoms. The topological polar surface area (TPSA) is 89.9 Å². The minimum Gasteiger partial charge on any atom is -0.389 e. The van der Waals surface area contributed by atoms with Crippen LogP contribution < -0.4 is 5.73 Å². The molecule has 0 radical (unpaired) electrons. The summed E-state index contributed by atoms with van der Waals surface area (Å²) >= 11 is 0. The molecule has 0 bridgehead atoms. The van der Waals surface area contributed by atoms with Crippen molar-refractivity contribution >= 4 is 27.5 Å². The third-order valence-electron chi connectivity index (χ3n) is 4.56. The molecule has 4 aromatic rings. The van der Waals surface area contributed by atoms with Gasteiger partial charge in [0.2, 0.25) is 0 Å². The number of nitrogen functional groups attached to an aromatic ring is 1. The molecule has 0 aliphatic carbocycles. The molecule has 3 N–H and O–H groups in total. The van der Waals surface area contributed by atoms with Gasteiger partial charge in [-0.15, -0.1) is 0 Å². The van der Waals surface area contributed by atoms with Crippen LogP contribution in [0.25, 0.3) is 32.9 Å². The Kier molecular flexibility index (Phi) is 3.66. The standard InChI is InChI=1S/C20H21N5O/c1-12-14(19-15-8-18(21)23-9-13(15)6-7-22-19)4-5-17-16(12)10-24-25(17)11-20(2,3)26/h4-10,26H,11H2,1-3H3,(H2,21,23). The number of aromatic nitrogens is 4. The van der Waals surface area contributed by atoms with E-state index in [-0.39, 0.29) is 0 Å². The molecule has 0 fully saturated rings. The first-order valence-corrected chi connectivity index (χ1v) is 8.51. The Bertz CT molecular complexity index is 1120. The van der Waals surface area contributed by atoms with E-state index in [2.05, 4.69) is 28.1 Å². The Hall–Kier alpha value is -2.99. The highest BCUT2D eigenvalue weighted by atomic mass is 16.3. The molecule has 0 amide bonds. The highest BCUT2D eigenvalue weighted by Crippen LogP contribution is 2.33. The number of rotatable bonds is 3. The number of aryl methyl sites for hydroxylation is 1. The van der Waals surface area contributed by atoms with Crippen LogP contribution in [0.15, 0.2) is 42.9 Å². The molecule has 26 heavy (non-hydrogen) atoms. The quantitative estimate of drug-likeness (QED) is 0.593. The van der Waals surface area contributed by atoms with Crippen LogP contribution in [0, 0.1) is 6.92 Å². The Morgan fingerprint density at radius 3 is 2.69 bits per heavy atom. The van der Waals surface area contributed by atoms with E-state index in [1.54, 1.807) is 26.2 Å². The van der Waals surface area contributed by atoms with E-state index in [0.29, 0.717) is 12.4 Å². The van der Waals surface area contributed by atoms with E-state index in [4.69, 9.17) is 5.73 Å². The van der Waals surface area contributed by atoms with Crippen LogP contribution in [0.3, 0.4) is 0 Å². The summed E-state index contributed by atoms with van der Waals surface area (Å²) in [6.45, 7) is 6.06. The van der Waals surface area contributed by atoms with E-state index < -0.39 is 5.60 Å². The largest absolute Gasteiger partial charge is 0.389 e. The molecule has 0 aliphatic heterocycles. The summed E-state index contributed by atoms with van der Waals surface area (Å²) in [5.41, 5.74) is 9.07. The second-order valence-electron chi connectivity index (χ2n) is 7.28. The molecular formula is C20H21N5O. The van der Waals surface area contributed by atoms with Gasteiger partial charge in [0.25, 0.3) is 0 Å². The van der Waals surface area contributed by atoms with Gasteiger partial charge in [0.05, 0.1) is 29.6 Å². The molecule has 0 aliphatic rings. The number of hydrogen-bond acceptors (Lipinski definition) is 5. The van der Waals surface area contributed by atoms with Crippen molar-refractivity contribution in [2.75, 3.05) is 5.73 Å². The fraction of sp³-hybridized carbons (Fsp3) is 0.250. The van der Waals surface area contributed by atoms with Gasteiger partial charge >= 0.3 is 0 Å². The monoisotopic (exact) mass is 347 g/mol. The van der Waals surface area contributed by atoms with Gasteiger partial charge in [-0.2, -0.15) is 5.10 Å². The zero-order valence-electron chi connectivity index (χ0n) is 15.1. The van der Waals surface area contributed by atoms with Gasteiger partial charge < -0.3 is 10.8 Å². The molecule has 0 unspecified atom stereocenters. The van der Waals surface area contributed by atoms with Crippen LogP contribution in [0.2, 0.25) is 0 Å². The Morgan fingerprint density at radius 1 is 1.12 bits per heavy atom. The lowest BCUT2D eigenvalue weighted by atomic mass is 9.98. The van der Waals surface area contributed by atoms with Crippen molar-refractivity contribution in [3.63, 3.8) is 0 Å². The zero-order valence-corrected chi connectivity index (χ0v) is 15.1. The van der Waals surface area contributed by atoms with E-state index in [1.165, 1.54) is 0 Å². The number of nitrogens with two attached hydrogens (primary N) is 1. The summed E-state index contributed by atoms with van der Waals surface area (Å²) in [5.74, 6) is 0.475. The third-order valence-corrected chi connectivity index (χ3v) is 4.56. The second-order valence-corrected chi connectivity index (χ2v) is 7.28. The summed E-state index contributed by atoms with van der Waals surface area (Å²) in [6.07, 6.45) is 5.41. The first-order chi connectivity index (χ1) is 12.3. The van der Waals surface area contributed by atoms with Gasteiger partial charge in [-0.3, -0.25) is 9.67 Å². The number of aliphatic hydroxyl groups is 1. The number of nitrogens with zero attached hydrogens (tertiary/aromatic N) is 4. The minimum absolute atomic E-state index is 0.435. The van der Waals surface area contributed by atoms with Gasteiger partial charge in [0.1, 0.15) is 5.82 Å². The van der Waals surface area contributed by atoms with Gasteiger partial charge in [-0.25, -0.2) is 4.98 Å². The smallest absolute Gasteiger partial charge is 0.123 e. The molecule has 4 rings (SSSR count).